The van der Waals surface area contributed by atoms with Gasteiger partial charge in [-0.25, -0.2) is 4.57 Å². The Balaban J connectivity index is 4.25. The van der Waals surface area contributed by atoms with Crippen LogP contribution >= 0.6 is 7.82 Å². The summed E-state index contributed by atoms with van der Waals surface area (Å²) < 4.78 is 32.7. The largest absolute Gasteiger partial charge is 0.472 e. The number of esters is 2. The van der Waals surface area contributed by atoms with Gasteiger partial charge in [0.25, 0.3) is 0 Å². The third-order valence-electron chi connectivity index (χ3n) is 9.92. The number of carbonyl (C=O) groups is 2. The molecule has 0 fully saturated rings. The minimum absolute atomic E-state index is 0.179. The molecule has 0 bridgehead atoms. The predicted octanol–water partition coefficient (Wildman–Crippen LogP) is 12.0. The third-order valence-corrected chi connectivity index (χ3v) is 10.9. The lowest BCUT2D eigenvalue weighted by atomic mass is 10.0. The van der Waals surface area contributed by atoms with Gasteiger partial charge in [-0.15, -0.1) is 0 Å². The highest BCUT2D eigenvalue weighted by Crippen LogP contribution is 2.43. The quantitative estimate of drug-likeness (QED) is 0.0235. The van der Waals surface area contributed by atoms with Crippen LogP contribution in [-0.4, -0.2) is 65.7 Å². The zero-order valence-electron chi connectivity index (χ0n) is 35.4. The van der Waals surface area contributed by atoms with Gasteiger partial charge in [-0.1, -0.05) is 180 Å². The van der Waals surface area contributed by atoms with Crippen LogP contribution in [0.2, 0.25) is 0 Å². The molecule has 0 saturated carbocycles. The molecule has 0 aromatic rings. The molecule has 0 rings (SSSR count). The van der Waals surface area contributed by atoms with E-state index in [1.807, 2.05) is 0 Å². The summed E-state index contributed by atoms with van der Waals surface area (Å²) in [5.41, 5.74) is 0. The zero-order chi connectivity index (χ0) is 40.5. The van der Waals surface area contributed by atoms with Gasteiger partial charge in [0.2, 0.25) is 0 Å². The van der Waals surface area contributed by atoms with E-state index in [0.717, 1.165) is 57.8 Å². The summed E-state index contributed by atoms with van der Waals surface area (Å²) in [5.74, 6) is -0.922. The highest BCUT2D eigenvalue weighted by atomic mass is 31.2. The van der Waals surface area contributed by atoms with Crippen molar-refractivity contribution in [2.45, 2.75) is 232 Å². The first-order valence-corrected chi connectivity index (χ1v) is 24.1. The van der Waals surface area contributed by atoms with E-state index < -0.39 is 51.8 Å². The molecule has 0 aromatic heterocycles. The van der Waals surface area contributed by atoms with Gasteiger partial charge in [0.1, 0.15) is 12.7 Å². The number of hydrogen-bond donors (Lipinski definition) is 3. The summed E-state index contributed by atoms with van der Waals surface area (Å²) in [5, 5.41) is 18.3. The fraction of sp³-hybridized carbons (Fsp3) is 0.909. The molecule has 0 aromatic carbocycles. The van der Waals surface area contributed by atoms with Crippen LogP contribution in [0.1, 0.15) is 219 Å². The first kappa shape index (κ1) is 53.7. The van der Waals surface area contributed by atoms with E-state index in [4.69, 9.17) is 23.6 Å². The van der Waals surface area contributed by atoms with Crippen molar-refractivity contribution >= 4 is 19.8 Å². The summed E-state index contributed by atoms with van der Waals surface area (Å²) in [6, 6.07) is 0. The second-order valence-corrected chi connectivity index (χ2v) is 16.9. The SMILES string of the molecule is CCCCCCCCC/C=C\CCCCCCCC(=O)OC(COC(=O)CCCCCCCCCCCCCCCCCC)COP(=O)(O)OCC(O)CO. The molecule has 3 unspecified atom stereocenters. The van der Waals surface area contributed by atoms with E-state index in [1.54, 1.807) is 0 Å². The van der Waals surface area contributed by atoms with Crippen molar-refractivity contribution in [2.75, 3.05) is 26.4 Å². The molecular formula is C44H85O10P. The van der Waals surface area contributed by atoms with E-state index in [9.17, 15) is 24.2 Å². The number of ether oxygens (including phenoxy) is 2. The molecule has 0 amide bonds. The summed E-state index contributed by atoms with van der Waals surface area (Å²) in [6.07, 6.45) is 38.9. The Kier molecular flexibility index (Phi) is 39.9. The maximum atomic E-state index is 12.6. The molecule has 3 atom stereocenters. The first-order valence-electron chi connectivity index (χ1n) is 22.6. The predicted molar refractivity (Wildman–Crippen MR) is 224 cm³/mol. The first-order chi connectivity index (χ1) is 26.7. The minimum Gasteiger partial charge on any atom is -0.462 e. The average Bonchev–Trinajstić information content (AvgIpc) is 3.17. The average molecular weight is 805 g/mol. The van der Waals surface area contributed by atoms with E-state index in [1.165, 1.54) is 122 Å². The summed E-state index contributed by atoms with van der Waals surface area (Å²) in [6.45, 7) is 2.40. The molecule has 10 nitrogen and oxygen atoms in total. The maximum Gasteiger partial charge on any atom is 0.472 e. The van der Waals surface area contributed by atoms with Gasteiger partial charge in [0.05, 0.1) is 19.8 Å². The van der Waals surface area contributed by atoms with Crippen LogP contribution in [0.15, 0.2) is 12.2 Å². The smallest absolute Gasteiger partial charge is 0.462 e. The highest BCUT2D eigenvalue weighted by molar-refractivity contribution is 7.47. The highest BCUT2D eigenvalue weighted by Gasteiger charge is 2.27. The van der Waals surface area contributed by atoms with Gasteiger partial charge in [0, 0.05) is 12.8 Å². The standard InChI is InChI=1S/C44H85O10P/c1-3-5-7-9-11-13-15-17-19-21-23-25-27-29-31-33-35-43(47)51-39-42(40-53-55(49,50)52-38-41(46)37-45)54-44(48)36-34-32-30-28-26-24-22-20-18-16-14-12-10-8-6-4-2/h20,22,41-42,45-46H,3-19,21,23-40H2,1-2H3,(H,49,50)/b22-20-. The number of unbranched alkanes of at least 4 members (excludes halogenated alkanes) is 27. The van der Waals surface area contributed by atoms with Crippen LogP contribution in [0.3, 0.4) is 0 Å². The minimum atomic E-state index is -4.61. The van der Waals surface area contributed by atoms with Crippen LogP contribution in [0, 0.1) is 0 Å². The second-order valence-electron chi connectivity index (χ2n) is 15.4. The normalized spacial score (nSPS) is 13.9. The Hall–Kier alpha value is -1.29. The molecule has 0 radical (unpaired) electrons. The number of phosphoric ester groups is 1. The Morgan fingerprint density at radius 2 is 0.891 bits per heavy atom. The Morgan fingerprint density at radius 1 is 0.527 bits per heavy atom. The third kappa shape index (κ3) is 40.7. The molecule has 11 heteroatoms. The lowest BCUT2D eigenvalue weighted by Crippen LogP contribution is -2.29. The lowest BCUT2D eigenvalue weighted by Gasteiger charge is -2.20. The van der Waals surface area contributed by atoms with Crippen molar-refractivity contribution < 1.29 is 47.8 Å². The monoisotopic (exact) mass is 805 g/mol. The van der Waals surface area contributed by atoms with Gasteiger partial charge >= 0.3 is 19.8 Å². The summed E-state index contributed by atoms with van der Waals surface area (Å²) in [4.78, 5) is 35.0. The van der Waals surface area contributed by atoms with Crippen LogP contribution in [0.4, 0.5) is 0 Å². The topological polar surface area (TPSA) is 149 Å². The molecule has 0 saturated heterocycles. The van der Waals surface area contributed by atoms with Crippen molar-refractivity contribution in [1.82, 2.24) is 0 Å². The molecule has 0 aliphatic heterocycles. The van der Waals surface area contributed by atoms with Gasteiger partial charge in [-0.2, -0.15) is 0 Å². The maximum absolute atomic E-state index is 12.6. The molecule has 3 N–H and O–H groups in total. The van der Waals surface area contributed by atoms with Gasteiger partial charge in [-0.3, -0.25) is 18.6 Å². The Labute approximate surface area is 336 Å². The van der Waals surface area contributed by atoms with Crippen LogP contribution in [0.25, 0.3) is 0 Å². The van der Waals surface area contributed by atoms with E-state index in [-0.39, 0.29) is 19.4 Å². The Bertz CT molecular complexity index is 930. The van der Waals surface area contributed by atoms with Gasteiger partial charge in [0.15, 0.2) is 6.10 Å². The number of carbonyl (C=O) groups excluding carboxylic acids is 2. The molecular weight excluding hydrogens is 719 g/mol. The molecule has 0 heterocycles. The van der Waals surface area contributed by atoms with Crippen molar-refractivity contribution in [1.29, 1.82) is 0 Å². The van der Waals surface area contributed by atoms with Crippen molar-refractivity contribution in [3.63, 3.8) is 0 Å². The second kappa shape index (κ2) is 40.9. The molecule has 55 heavy (non-hydrogen) atoms. The van der Waals surface area contributed by atoms with Crippen LogP contribution < -0.4 is 0 Å². The van der Waals surface area contributed by atoms with Gasteiger partial charge in [-0.05, 0) is 38.5 Å². The van der Waals surface area contributed by atoms with Crippen LogP contribution in [-0.2, 0) is 32.7 Å². The zero-order valence-corrected chi connectivity index (χ0v) is 36.3. The molecule has 326 valence electrons. The van der Waals surface area contributed by atoms with Crippen molar-refractivity contribution in [2.24, 2.45) is 0 Å². The number of phosphoric acid groups is 1. The molecule has 0 spiro atoms. The van der Waals surface area contributed by atoms with E-state index in [2.05, 4.69) is 26.0 Å². The number of rotatable bonds is 43. The fourth-order valence-electron chi connectivity index (χ4n) is 6.40. The molecule has 0 aliphatic rings. The van der Waals surface area contributed by atoms with Crippen LogP contribution in [0.5, 0.6) is 0 Å². The lowest BCUT2D eigenvalue weighted by molar-refractivity contribution is -0.161. The fourth-order valence-corrected chi connectivity index (χ4v) is 7.19. The summed E-state index contributed by atoms with van der Waals surface area (Å²) >= 11 is 0. The molecule has 0 aliphatic carbocycles. The number of hydrogen-bond acceptors (Lipinski definition) is 9. The number of aliphatic hydroxyl groups is 2. The summed E-state index contributed by atoms with van der Waals surface area (Å²) in [7, 11) is -4.61. The van der Waals surface area contributed by atoms with E-state index >= 15 is 0 Å². The van der Waals surface area contributed by atoms with Crippen molar-refractivity contribution in [3.05, 3.63) is 12.2 Å². The number of allylic oxidation sites excluding steroid dienone is 2. The van der Waals surface area contributed by atoms with E-state index in [0.29, 0.717) is 12.8 Å². The Morgan fingerprint density at radius 3 is 1.31 bits per heavy atom. The van der Waals surface area contributed by atoms with Gasteiger partial charge < -0.3 is 24.6 Å². The van der Waals surface area contributed by atoms with Crippen molar-refractivity contribution in [3.8, 4) is 0 Å². The number of aliphatic hydroxyl groups excluding tert-OH is 2.